The Morgan fingerprint density at radius 2 is 2.23 bits per heavy atom. The zero-order valence-corrected chi connectivity index (χ0v) is 12.5. The summed E-state index contributed by atoms with van der Waals surface area (Å²) in [5.74, 6) is -0.608. The SMILES string of the molecule is C=Cc1cc(C(=O)Nc2cccc(Cl)c2C#N)c(=O)n(C)c1. The molecule has 0 aliphatic carbocycles. The second-order valence-corrected chi connectivity index (χ2v) is 4.94. The zero-order chi connectivity index (χ0) is 16.3. The van der Waals surface area contributed by atoms with Crippen molar-refractivity contribution in [2.75, 3.05) is 5.32 Å². The summed E-state index contributed by atoms with van der Waals surface area (Å²) in [6.45, 7) is 3.62. The van der Waals surface area contributed by atoms with Gasteiger partial charge in [0.2, 0.25) is 0 Å². The molecule has 0 unspecified atom stereocenters. The maximum Gasteiger partial charge on any atom is 0.263 e. The van der Waals surface area contributed by atoms with Gasteiger partial charge in [-0.2, -0.15) is 5.26 Å². The number of anilines is 1. The van der Waals surface area contributed by atoms with Crippen LogP contribution in [0.15, 0.2) is 41.8 Å². The van der Waals surface area contributed by atoms with E-state index >= 15 is 0 Å². The molecule has 110 valence electrons. The smallest absolute Gasteiger partial charge is 0.263 e. The van der Waals surface area contributed by atoms with Gasteiger partial charge < -0.3 is 9.88 Å². The van der Waals surface area contributed by atoms with E-state index in [2.05, 4.69) is 11.9 Å². The van der Waals surface area contributed by atoms with Crippen LogP contribution in [0, 0.1) is 11.3 Å². The van der Waals surface area contributed by atoms with Crippen molar-refractivity contribution >= 4 is 29.3 Å². The molecule has 6 heteroatoms. The van der Waals surface area contributed by atoms with E-state index in [4.69, 9.17) is 16.9 Å². The zero-order valence-electron chi connectivity index (χ0n) is 11.8. The number of pyridine rings is 1. The number of aromatic nitrogens is 1. The molecule has 0 spiro atoms. The number of aryl methyl sites for hydroxylation is 1. The number of nitriles is 1. The summed E-state index contributed by atoms with van der Waals surface area (Å²) in [6, 6.07) is 8.07. The first-order valence-electron chi connectivity index (χ1n) is 6.31. The summed E-state index contributed by atoms with van der Waals surface area (Å²) in [6.07, 6.45) is 3.11. The second kappa shape index (κ2) is 6.29. The molecule has 0 fully saturated rings. The molecule has 1 aromatic heterocycles. The molecule has 0 saturated heterocycles. The Hall–Kier alpha value is -2.84. The first-order valence-corrected chi connectivity index (χ1v) is 6.68. The van der Waals surface area contributed by atoms with Gasteiger partial charge in [-0.05, 0) is 23.8 Å². The quantitative estimate of drug-likeness (QED) is 0.946. The minimum absolute atomic E-state index is 0.0382. The number of benzene rings is 1. The van der Waals surface area contributed by atoms with Crippen molar-refractivity contribution in [3.63, 3.8) is 0 Å². The number of amides is 1. The van der Waals surface area contributed by atoms with E-state index in [-0.39, 0.29) is 21.8 Å². The molecule has 0 aliphatic heterocycles. The normalized spacial score (nSPS) is 9.86. The Morgan fingerprint density at radius 1 is 1.50 bits per heavy atom. The molecule has 0 saturated carbocycles. The number of hydrogen-bond acceptors (Lipinski definition) is 3. The van der Waals surface area contributed by atoms with Gasteiger partial charge in [-0.25, -0.2) is 0 Å². The van der Waals surface area contributed by atoms with Crippen molar-refractivity contribution < 1.29 is 4.79 Å². The number of halogens is 1. The molecule has 1 aromatic carbocycles. The van der Waals surface area contributed by atoms with Gasteiger partial charge in [0.25, 0.3) is 11.5 Å². The maximum absolute atomic E-state index is 12.3. The summed E-state index contributed by atoms with van der Waals surface area (Å²) in [5.41, 5.74) is 0.562. The van der Waals surface area contributed by atoms with Gasteiger partial charge >= 0.3 is 0 Å². The summed E-state index contributed by atoms with van der Waals surface area (Å²) < 4.78 is 1.30. The predicted octanol–water partition coefficient (Wildman–Crippen LogP) is 2.81. The van der Waals surface area contributed by atoms with E-state index in [0.29, 0.717) is 5.56 Å². The summed E-state index contributed by atoms with van der Waals surface area (Å²) in [4.78, 5) is 24.4. The molecule has 1 N–H and O–H groups in total. The molecular formula is C16H12ClN3O2. The third-order valence-corrected chi connectivity index (χ3v) is 3.37. The highest BCUT2D eigenvalue weighted by Gasteiger charge is 2.15. The molecule has 0 atom stereocenters. The minimum atomic E-state index is -0.608. The van der Waals surface area contributed by atoms with Gasteiger partial charge in [-0.3, -0.25) is 9.59 Å². The first-order chi connectivity index (χ1) is 10.5. The van der Waals surface area contributed by atoms with E-state index < -0.39 is 11.5 Å². The highest BCUT2D eigenvalue weighted by molar-refractivity contribution is 6.32. The van der Waals surface area contributed by atoms with Crippen LogP contribution in [0.4, 0.5) is 5.69 Å². The molecule has 0 bridgehead atoms. The van der Waals surface area contributed by atoms with Crippen LogP contribution in [-0.2, 0) is 7.05 Å². The van der Waals surface area contributed by atoms with Crippen molar-refractivity contribution in [3.8, 4) is 6.07 Å². The van der Waals surface area contributed by atoms with Crippen LogP contribution in [0.25, 0.3) is 6.08 Å². The van der Waals surface area contributed by atoms with Gasteiger partial charge in [0, 0.05) is 13.2 Å². The monoisotopic (exact) mass is 313 g/mol. The van der Waals surface area contributed by atoms with Crippen molar-refractivity contribution in [2.45, 2.75) is 0 Å². The van der Waals surface area contributed by atoms with Gasteiger partial charge in [0.1, 0.15) is 11.6 Å². The predicted molar refractivity (Wildman–Crippen MR) is 85.9 cm³/mol. The summed E-state index contributed by atoms with van der Waals surface area (Å²) in [5, 5.41) is 11.9. The maximum atomic E-state index is 12.3. The molecule has 2 aromatic rings. The van der Waals surface area contributed by atoms with E-state index in [9.17, 15) is 9.59 Å². The van der Waals surface area contributed by atoms with Crippen LogP contribution in [0.3, 0.4) is 0 Å². The number of carbonyl (C=O) groups is 1. The number of nitrogens with zero attached hydrogens (tertiary/aromatic N) is 2. The van der Waals surface area contributed by atoms with E-state index in [1.165, 1.54) is 16.7 Å². The third kappa shape index (κ3) is 2.92. The average Bonchev–Trinajstić information content (AvgIpc) is 2.50. The van der Waals surface area contributed by atoms with Gasteiger partial charge in [-0.15, -0.1) is 0 Å². The molecule has 5 nitrogen and oxygen atoms in total. The van der Waals surface area contributed by atoms with E-state index in [1.807, 2.05) is 6.07 Å². The Kier molecular flexibility index (Phi) is 4.44. The lowest BCUT2D eigenvalue weighted by Gasteiger charge is -2.09. The summed E-state index contributed by atoms with van der Waals surface area (Å²) in [7, 11) is 1.55. The molecule has 22 heavy (non-hydrogen) atoms. The Balaban J connectivity index is 2.45. The van der Waals surface area contributed by atoms with Crippen LogP contribution in [-0.4, -0.2) is 10.5 Å². The van der Waals surface area contributed by atoms with Crippen LogP contribution < -0.4 is 10.9 Å². The molecule has 0 radical (unpaired) electrons. The third-order valence-electron chi connectivity index (χ3n) is 3.06. The van der Waals surface area contributed by atoms with Crippen LogP contribution in [0.2, 0.25) is 5.02 Å². The number of nitrogens with one attached hydrogen (secondary N) is 1. The fraction of sp³-hybridized carbons (Fsp3) is 0.0625. The lowest BCUT2D eigenvalue weighted by atomic mass is 10.1. The summed E-state index contributed by atoms with van der Waals surface area (Å²) >= 11 is 5.91. The topological polar surface area (TPSA) is 74.9 Å². The second-order valence-electron chi connectivity index (χ2n) is 4.54. The standard InChI is InChI=1S/C16H12ClN3O2/c1-3-10-7-11(16(22)20(2)9-10)15(21)19-14-6-4-5-13(17)12(14)8-18/h3-7,9H,1H2,2H3,(H,19,21). The Labute approximate surface area is 132 Å². The largest absolute Gasteiger partial charge is 0.321 e. The van der Waals surface area contributed by atoms with Gasteiger partial charge in [-0.1, -0.05) is 30.3 Å². The fourth-order valence-electron chi connectivity index (χ4n) is 1.94. The van der Waals surface area contributed by atoms with Crippen molar-refractivity contribution in [1.82, 2.24) is 4.57 Å². The van der Waals surface area contributed by atoms with Gasteiger partial charge in [0.15, 0.2) is 0 Å². The molecular weight excluding hydrogens is 302 g/mol. The molecule has 1 amide bonds. The van der Waals surface area contributed by atoms with Crippen LogP contribution in [0.1, 0.15) is 21.5 Å². The average molecular weight is 314 g/mol. The lowest BCUT2D eigenvalue weighted by molar-refractivity contribution is 0.102. The first kappa shape index (κ1) is 15.5. The van der Waals surface area contributed by atoms with E-state index in [1.54, 1.807) is 31.4 Å². The molecule has 2 rings (SSSR count). The van der Waals surface area contributed by atoms with Crippen molar-refractivity contribution in [2.24, 2.45) is 7.05 Å². The highest BCUT2D eigenvalue weighted by Crippen LogP contribution is 2.23. The number of hydrogen-bond donors (Lipinski definition) is 1. The Bertz CT molecular complexity index is 863. The lowest BCUT2D eigenvalue weighted by Crippen LogP contribution is -2.27. The van der Waals surface area contributed by atoms with Crippen molar-refractivity contribution in [3.05, 3.63) is 69.1 Å². The fourth-order valence-corrected chi connectivity index (χ4v) is 2.16. The Morgan fingerprint density at radius 3 is 2.86 bits per heavy atom. The van der Waals surface area contributed by atoms with Crippen LogP contribution in [0.5, 0.6) is 0 Å². The highest BCUT2D eigenvalue weighted by atomic mass is 35.5. The van der Waals surface area contributed by atoms with Gasteiger partial charge in [0.05, 0.1) is 16.3 Å². The van der Waals surface area contributed by atoms with Crippen molar-refractivity contribution in [1.29, 1.82) is 5.26 Å². The molecule has 0 aliphatic rings. The minimum Gasteiger partial charge on any atom is -0.321 e. The number of carbonyl (C=O) groups excluding carboxylic acids is 1. The number of rotatable bonds is 3. The van der Waals surface area contributed by atoms with Crippen LogP contribution >= 0.6 is 11.6 Å². The molecule has 1 heterocycles. The van der Waals surface area contributed by atoms with E-state index in [0.717, 1.165) is 0 Å².